The summed E-state index contributed by atoms with van der Waals surface area (Å²) in [6.07, 6.45) is 0. The van der Waals surface area contributed by atoms with Crippen LogP contribution in [0, 0.1) is 0 Å². The third-order valence-corrected chi connectivity index (χ3v) is 3.31. The minimum absolute atomic E-state index is 0.122. The van der Waals surface area contributed by atoms with Crippen LogP contribution >= 0.6 is 11.8 Å². The number of benzene rings is 1. The summed E-state index contributed by atoms with van der Waals surface area (Å²) >= 11 is 1.02. The first-order valence-corrected chi connectivity index (χ1v) is 6.64. The van der Waals surface area contributed by atoms with Gasteiger partial charge in [0.05, 0.1) is 0 Å². The summed E-state index contributed by atoms with van der Waals surface area (Å²) in [5.41, 5.74) is 4.98. The highest BCUT2D eigenvalue weighted by molar-refractivity contribution is 8.13. The van der Waals surface area contributed by atoms with Crippen molar-refractivity contribution in [2.75, 3.05) is 5.75 Å². The van der Waals surface area contributed by atoms with Gasteiger partial charge in [-0.25, -0.2) is 4.79 Å². The molecule has 0 radical (unpaired) electrons. The summed E-state index contributed by atoms with van der Waals surface area (Å²) in [6, 6.07) is 9.25. The van der Waals surface area contributed by atoms with Crippen molar-refractivity contribution in [2.45, 2.75) is 26.0 Å². The first-order chi connectivity index (χ1) is 8.48. The fourth-order valence-electron chi connectivity index (χ4n) is 1.24. The van der Waals surface area contributed by atoms with E-state index < -0.39 is 11.5 Å². The number of esters is 1. The highest BCUT2D eigenvalue weighted by atomic mass is 32.2. The van der Waals surface area contributed by atoms with Gasteiger partial charge >= 0.3 is 5.97 Å². The Hall–Kier alpha value is -1.33. The molecule has 1 unspecified atom stereocenters. The number of hydrogen-bond acceptors (Lipinski definition) is 5. The third kappa shape index (κ3) is 3.85. The Morgan fingerprint density at radius 2 is 1.94 bits per heavy atom. The minimum atomic E-state index is -1.59. The fraction of sp³-hybridized carbons (Fsp3) is 0.385. The van der Waals surface area contributed by atoms with Crippen LogP contribution in [0.3, 0.4) is 0 Å². The standard InChI is InChI=1S/C13H17NO3S/c1-3-18-12(16)13(2,14)11(15)17-9-10-7-5-4-6-8-10/h4-8H,3,9,14H2,1-2H3. The van der Waals surface area contributed by atoms with Crippen LogP contribution in [-0.2, 0) is 20.9 Å². The van der Waals surface area contributed by atoms with E-state index in [0.29, 0.717) is 5.75 Å². The zero-order chi connectivity index (χ0) is 13.6. The molecule has 0 aromatic heterocycles. The summed E-state index contributed by atoms with van der Waals surface area (Å²) in [7, 11) is 0. The van der Waals surface area contributed by atoms with Crippen LogP contribution in [0.5, 0.6) is 0 Å². The monoisotopic (exact) mass is 267 g/mol. The SMILES string of the molecule is CCSC(=O)C(C)(N)C(=O)OCc1ccccc1. The molecule has 0 heterocycles. The van der Waals surface area contributed by atoms with Crippen LogP contribution in [0.2, 0.25) is 0 Å². The van der Waals surface area contributed by atoms with Crippen LogP contribution in [0.4, 0.5) is 0 Å². The molecule has 1 atom stereocenters. The van der Waals surface area contributed by atoms with Gasteiger partial charge in [-0.2, -0.15) is 0 Å². The predicted molar refractivity (Wildman–Crippen MR) is 72.0 cm³/mol. The van der Waals surface area contributed by atoms with Crippen molar-refractivity contribution in [3.63, 3.8) is 0 Å². The average Bonchev–Trinajstić information content (AvgIpc) is 2.37. The zero-order valence-electron chi connectivity index (χ0n) is 10.5. The molecule has 98 valence electrons. The van der Waals surface area contributed by atoms with E-state index in [-0.39, 0.29) is 11.7 Å². The van der Waals surface area contributed by atoms with Gasteiger partial charge in [-0.1, -0.05) is 49.0 Å². The summed E-state index contributed by atoms with van der Waals surface area (Å²) in [6.45, 7) is 3.33. The van der Waals surface area contributed by atoms with E-state index in [4.69, 9.17) is 10.5 Å². The van der Waals surface area contributed by atoms with Crippen LogP contribution < -0.4 is 5.73 Å². The second-order valence-corrected chi connectivity index (χ2v) is 5.22. The molecule has 0 fully saturated rings. The van der Waals surface area contributed by atoms with Gasteiger partial charge in [0.25, 0.3) is 0 Å². The highest BCUT2D eigenvalue weighted by Gasteiger charge is 2.38. The van der Waals surface area contributed by atoms with Gasteiger partial charge in [-0.3, -0.25) is 4.79 Å². The Morgan fingerprint density at radius 1 is 1.33 bits per heavy atom. The van der Waals surface area contributed by atoms with E-state index in [0.717, 1.165) is 17.3 Å². The summed E-state index contributed by atoms with van der Waals surface area (Å²) in [5, 5.41) is -0.372. The van der Waals surface area contributed by atoms with Crippen molar-refractivity contribution in [2.24, 2.45) is 5.73 Å². The van der Waals surface area contributed by atoms with Gasteiger partial charge in [0, 0.05) is 0 Å². The van der Waals surface area contributed by atoms with Gasteiger partial charge < -0.3 is 10.5 Å². The Bertz CT molecular complexity index is 418. The number of ether oxygens (including phenoxy) is 1. The molecule has 4 nitrogen and oxygen atoms in total. The van der Waals surface area contributed by atoms with Crippen molar-refractivity contribution >= 4 is 22.8 Å². The lowest BCUT2D eigenvalue weighted by Crippen LogP contribution is -2.52. The molecule has 1 aromatic rings. The molecule has 18 heavy (non-hydrogen) atoms. The zero-order valence-corrected chi connectivity index (χ0v) is 11.3. The minimum Gasteiger partial charge on any atom is -0.459 e. The molecule has 0 saturated carbocycles. The molecule has 2 N–H and O–H groups in total. The summed E-state index contributed by atoms with van der Waals surface area (Å²) in [5.74, 6) is -0.116. The number of thioether (sulfide) groups is 1. The largest absolute Gasteiger partial charge is 0.459 e. The smallest absolute Gasteiger partial charge is 0.334 e. The molecule has 0 spiro atoms. The fourth-order valence-corrected chi connectivity index (χ4v) is 1.88. The maximum absolute atomic E-state index is 11.8. The molecule has 5 heteroatoms. The lowest BCUT2D eigenvalue weighted by molar-refractivity contribution is -0.152. The van der Waals surface area contributed by atoms with E-state index in [9.17, 15) is 9.59 Å². The van der Waals surface area contributed by atoms with E-state index in [1.807, 2.05) is 37.3 Å². The maximum Gasteiger partial charge on any atom is 0.334 e. The van der Waals surface area contributed by atoms with E-state index in [1.165, 1.54) is 6.92 Å². The van der Waals surface area contributed by atoms with E-state index in [2.05, 4.69) is 0 Å². The Morgan fingerprint density at radius 3 is 2.50 bits per heavy atom. The molecule has 1 rings (SSSR count). The number of carbonyl (C=O) groups excluding carboxylic acids is 2. The maximum atomic E-state index is 11.8. The molecule has 0 aliphatic carbocycles. The van der Waals surface area contributed by atoms with Crippen molar-refractivity contribution in [3.8, 4) is 0 Å². The number of hydrogen-bond donors (Lipinski definition) is 1. The number of rotatable bonds is 5. The first kappa shape index (κ1) is 14.7. The molecular formula is C13H17NO3S. The number of carbonyl (C=O) groups is 2. The average molecular weight is 267 g/mol. The lowest BCUT2D eigenvalue weighted by atomic mass is 10.1. The van der Waals surface area contributed by atoms with Crippen molar-refractivity contribution in [1.29, 1.82) is 0 Å². The summed E-state index contributed by atoms with van der Waals surface area (Å²) < 4.78 is 5.06. The number of nitrogens with two attached hydrogens (primary N) is 1. The molecule has 0 aliphatic heterocycles. The van der Waals surface area contributed by atoms with Gasteiger partial charge in [0.1, 0.15) is 6.61 Å². The molecule has 0 amide bonds. The van der Waals surface area contributed by atoms with Crippen molar-refractivity contribution in [3.05, 3.63) is 35.9 Å². The first-order valence-electron chi connectivity index (χ1n) is 5.65. The predicted octanol–water partition coefficient (Wildman–Crippen LogP) is 1.73. The third-order valence-electron chi connectivity index (χ3n) is 2.34. The Balaban J connectivity index is 2.57. The van der Waals surface area contributed by atoms with Crippen LogP contribution in [0.15, 0.2) is 30.3 Å². The molecule has 0 aliphatic rings. The summed E-state index contributed by atoms with van der Waals surface area (Å²) in [4.78, 5) is 23.4. The van der Waals surface area contributed by atoms with E-state index >= 15 is 0 Å². The molecule has 0 bridgehead atoms. The van der Waals surface area contributed by atoms with Crippen LogP contribution in [0.1, 0.15) is 19.4 Å². The second kappa shape index (κ2) is 6.56. The lowest BCUT2D eigenvalue weighted by Gasteiger charge is -2.20. The molecule has 0 saturated heterocycles. The Kier molecular flexibility index (Phi) is 5.37. The highest BCUT2D eigenvalue weighted by Crippen LogP contribution is 2.15. The van der Waals surface area contributed by atoms with Gasteiger partial charge in [0.15, 0.2) is 5.54 Å². The van der Waals surface area contributed by atoms with Crippen molar-refractivity contribution < 1.29 is 14.3 Å². The molecule has 1 aromatic carbocycles. The second-order valence-electron chi connectivity index (χ2n) is 3.98. The van der Waals surface area contributed by atoms with Crippen LogP contribution in [-0.4, -0.2) is 22.4 Å². The van der Waals surface area contributed by atoms with Crippen LogP contribution in [0.25, 0.3) is 0 Å². The van der Waals surface area contributed by atoms with E-state index in [1.54, 1.807) is 0 Å². The molecular weight excluding hydrogens is 250 g/mol. The quantitative estimate of drug-likeness (QED) is 0.650. The van der Waals surface area contributed by atoms with Gasteiger partial charge in [-0.15, -0.1) is 0 Å². The topological polar surface area (TPSA) is 69.4 Å². The normalized spacial score (nSPS) is 13.7. The Labute approximate surface area is 111 Å². The van der Waals surface area contributed by atoms with Gasteiger partial charge in [-0.05, 0) is 18.2 Å². The van der Waals surface area contributed by atoms with Crippen molar-refractivity contribution in [1.82, 2.24) is 0 Å². The van der Waals surface area contributed by atoms with Gasteiger partial charge in [0.2, 0.25) is 5.12 Å².